The summed E-state index contributed by atoms with van der Waals surface area (Å²) in [6.45, 7) is 3.60. The predicted octanol–water partition coefficient (Wildman–Crippen LogP) is 4.24. The smallest absolute Gasteiger partial charge is 0.280 e. The van der Waals surface area contributed by atoms with E-state index in [2.05, 4.69) is 25.8 Å². The summed E-state index contributed by atoms with van der Waals surface area (Å²) < 4.78 is 53.3. The quantitative estimate of drug-likeness (QED) is 0.336. The molecule has 10 heteroatoms. The van der Waals surface area contributed by atoms with E-state index >= 15 is 0 Å². The number of H-pyrrole nitrogens is 1. The van der Waals surface area contributed by atoms with E-state index in [4.69, 9.17) is 0 Å². The number of carbonyl (C=O) groups is 1. The van der Waals surface area contributed by atoms with Gasteiger partial charge in [-0.25, -0.2) is 17.6 Å². The van der Waals surface area contributed by atoms with Crippen LogP contribution in [0, 0.1) is 23.3 Å². The fourth-order valence-electron chi connectivity index (χ4n) is 2.53. The minimum Gasteiger partial charge on any atom is -0.354 e. The summed E-state index contributed by atoms with van der Waals surface area (Å²) in [5.41, 5.74) is 0.330. The first kappa shape index (κ1) is 21.0. The number of hydrogen-bond donors (Lipinski definition) is 3. The summed E-state index contributed by atoms with van der Waals surface area (Å²) in [7, 11) is 0. The van der Waals surface area contributed by atoms with Gasteiger partial charge >= 0.3 is 0 Å². The van der Waals surface area contributed by atoms with Crippen LogP contribution in [0.5, 0.6) is 0 Å². The van der Waals surface area contributed by atoms with Crippen LogP contribution in [0.1, 0.15) is 24.2 Å². The van der Waals surface area contributed by atoms with Crippen molar-refractivity contribution in [3.05, 3.63) is 71.3 Å². The Morgan fingerprint density at radius 2 is 1.70 bits per heavy atom. The van der Waals surface area contributed by atoms with Gasteiger partial charge in [-0.15, -0.1) is 0 Å². The number of nitrogens with one attached hydrogen (secondary N) is 3. The number of rotatable bonds is 4. The van der Waals surface area contributed by atoms with Crippen molar-refractivity contribution in [2.24, 2.45) is 4.99 Å². The Morgan fingerprint density at radius 1 is 1.00 bits per heavy atom. The van der Waals surface area contributed by atoms with Crippen LogP contribution < -0.4 is 10.6 Å². The Bertz CT molecular complexity index is 1090. The molecule has 3 rings (SSSR count). The zero-order valence-electron chi connectivity index (χ0n) is 15.9. The molecule has 3 N–H and O–H groups in total. The lowest BCUT2D eigenvalue weighted by Crippen LogP contribution is -2.36. The van der Waals surface area contributed by atoms with Crippen LogP contribution in [-0.2, 0) is 0 Å². The molecular weight excluding hydrogens is 402 g/mol. The number of aromatic nitrogens is 2. The van der Waals surface area contributed by atoms with E-state index in [1.807, 2.05) is 0 Å². The van der Waals surface area contributed by atoms with E-state index in [0.29, 0.717) is 0 Å². The highest BCUT2D eigenvalue weighted by atomic mass is 19.2. The second kappa shape index (κ2) is 8.76. The van der Waals surface area contributed by atoms with E-state index in [-0.39, 0.29) is 34.6 Å². The molecule has 0 aliphatic carbocycles. The van der Waals surface area contributed by atoms with Gasteiger partial charge in [-0.2, -0.15) is 10.1 Å². The lowest BCUT2D eigenvalue weighted by Gasteiger charge is -2.13. The third-order valence-corrected chi connectivity index (χ3v) is 3.79. The van der Waals surface area contributed by atoms with E-state index in [0.717, 1.165) is 36.4 Å². The maximum Gasteiger partial charge on any atom is 0.280 e. The first-order valence-corrected chi connectivity index (χ1v) is 8.85. The van der Waals surface area contributed by atoms with E-state index in [9.17, 15) is 22.4 Å². The highest BCUT2D eigenvalue weighted by molar-refractivity contribution is 6.06. The van der Waals surface area contributed by atoms with Crippen molar-refractivity contribution in [3.63, 3.8) is 0 Å². The van der Waals surface area contributed by atoms with Crippen LogP contribution in [0.3, 0.4) is 0 Å². The predicted molar refractivity (Wildman–Crippen MR) is 104 cm³/mol. The molecule has 156 valence electrons. The van der Waals surface area contributed by atoms with E-state index in [1.165, 1.54) is 6.07 Å². The Morgan fingerprint density at radius 3 is 2.33 bits per heavy atom. The molecule has 3 aromatic rings. The van der Waals surface area contributed by atoms with Gasteiger partial charge in [0.05, 0.1) is 5.69 Å². The third kappa shape index (κ3) is 5.22. The standard InChI is InChI=1S/C20H17F4N5O/c1-10(2)25-20(27-19(30)11-3-4-15(23)16(24)7-11)26-18-9-17(28-29-18)12-5-13(21)8-14(22)6-12/h3-10H,1-2H3,(H3,25,26,27,28,29,30). The van der Waals surface area contributed by atoms with Crippen molar-refractivity contribution in [2.45, 2.75) is 19.9 Å². The lowest BCUT2D eigenvalue weighted by molar-refractivity contribution is 0.100. The topological polar surface area (TPSA) is 82.2 Å². The van der Waals surface area contributed by atoms with Crippen LogP contribution in [0.15, 0.2) is 47.5 Å². The molecule has 0 saturated carbocycles. The maximum atomic E-state index is 13.4. The average Bonchev–Trinajstić information content (AvgIpc) is 3.11. The zero-order valence-corrected chi connectivity index (χ0v) is 15.9. The van der Waals surface area contributed by atoms with Crippen molar-refractivity contribution in [1.82, 2.24) is 15.5 Å². The largest absolute Gasteiger partial charge is 0.354 e. The first-order valence-electron chi connectivity index (χ1n) is 8.85. The molecule has 6 nitrogen and oxygen atoms in total. The van der Waals surface area contributed by atoms with Gasteiger partial charge < -0.3 is 10.6 Å². The van der Waals surface area contributed by atoms with Crippen LogP contribution in [0.2, 0.25) is 0 Å². The monoisotopic (exact) mass is 419 g/mol. The van der Waals surface area contributed by atoms with Gasteiger partial charge in [0.15, 0.2) is 11.6 Å². The fraction of sp³-hybridized carbons (Fsp3) is 0.150. The van der Waals surface area contributed by atoms with Gasteiger partial charge in [0.2, 0.25) is 5.96 Å². The van der Waals surface area contributed by atoms with Crippen LogP contribution in [0.25, 0.3) is 11.3 Å². The van der Waals surface area contributed by atoms with Crippen molar-refractivity contribution in [3.8, 4) is 11.3 Å². The van der Waals surface area contributed by atoms with E-state index in [1.54, 1.807) is 13.8 Å². The number of amides is 1. The van der Waals surface area contributed by atoms with Crippen molar-refractivity contribution in [1.29, 1.82) is 0 Å². The molecule has 0 radical (unpaired) electrons. The van der Waals surface area contributed by atoms with Gasteiger partial charge in [-0.05, 0) is 44.2 Å². The number of nitrogens with zero attached hydrogens (tertiary/aromatic N) is 2. The number of halogens is 4. The number of aliphatic imine (C=N–C) groups is 1. The molecule has 0 aliphatic heterocycles. The summed E-state index contributed by atoms with van der Waals surface area (Å²) in [6.07, 6.45) is 0. The molecule has 1 amide bonds. The zero-order chi connectivity index (χ0) is 21.8. The molecule has 0 unspecified atom stereocenters. The molecule has 2 aromatic carbocycles. The van der Waals surface area contributed by atoms with Crippen LogP contribution in [-0.4, -0.2) is 28.1 Å². The van der Waals surface area contributed by atoms with Crippen LogP contribution >= 0.6 is 0 Å². The molecule has 0 aliphatic rings. The maximum absolute atomic E-state index is 13.4. The molecule has 0 spiro atoms. The third-order valence-electron chi connectivity index (χ3n) is 3.79. The highest BCUT2D eigenvalue weighted by Gasteiger charge is 2.13. The Kier molecular flexibility index (Phi) is 6.14. The molecule has 30 heavy (non-hydrogen) atoms. The highest BCUT2D eigenvalue weighted by Crippen LogP contribution is 2.22. The minimum atomic E-state index is -1.16. The average molecular weight is 419 g/mol. The molecule has 1 heterocycles. The number of guanidine groups is 1. The number of hydrogen-bond acceptors (Lipinski definition) is 2. The summed E-state index contributed by atoms with van der Waals surface area (Å²) >= 11 is 0. The number of anilines is 1. The normalized spacial score (nSPS) is 11.6. The van der Waals surface area contributed by atoms with Crippen LogP contribution in [0.4, 0.5) is 23.4 Å². The number of benzene rings is 2. The second-order valence-electron chi connectivity index (χ2n) is 6.64. The molecular formula is C20H17F4N5O. The van der Waals surface area contributed by atoms with Gasteiger partial charge in [0.1, 0.15) is 17.5 Å². The molecule has 0 saturated heterocycles. The number of carbonyl (C=O) groups excluding carboxylic acids is 1. The van der Waals surface area contributed by atoms with Gasteiger partial charge in [0.25, 0.3) is 5.91 Å². The number of aromatic amines is 1. The molecule has 0 fully saturated rings. The second-order valence-corrected chi connectivity index (χ2v) is 6.64. The van der Waals surface area contributed by atoms with Crippen molar-refractivity contribution >= 4 is 17.7 Å². The molecule has 1 aromatic heterocycles. The summed E-state index contributed by atoms with van der Waals surface area (Å²) in [5, 5.41) is 12.3. The van der Waals surface area contributed by atoms with E-state index < -0.39 is 29.2 Å². The van der Waals surface area contributed by atoms with Gasteiger partial charge in [-0.3, -0.25) is 9.89 Å². The SMILES string of the molecule is CC(C)N/C(=N/C(=O)c1ccc(F)c(F)c1)Nc1cc(-c2cc(F)cc(F)c2)n[nH]1. The summed E-state index contributed by atoms with van der Waals surface area (Å²) in [4.78, 5) is 16.2. The Balaban J connectivity index is 1.84. The molecule has 0 atom stereocenters. The molecule has 0 bridgehead atoms. The first-order chi connectivity index (χ1) is 14.2. The van der Waals surface area contributed by atoms with Gasteiger partial charge in [0, 0.05) is 29.3 Å². The lowest BCUT2D eigenvalue weighted by atomic mass is 10.1. The van der Waals surface area contributed by atoms with Gasteiger partial charge in [-0.1, -0.05) is 0 Å². The fourth-order valence-corrected chi connectivity index (χ4v) is 2.53. The van der Waals surface area contributed by atoms with Crippen molar-refractivity contribution in [2.75, 3.05) is 5.32 Å². The summed E-state index contributed by atoms with van der Waals surface area (Å²) in [6, 6.07) is 7.03. The summed E-state index contributed by atoms with van der Waals surface area (Å²) in [5.74, 6) is -4.25. The van der Waals surface area contributed by atoms with Crippen molar-refractivity contribution < 1.29 is 22.4 Å². The minimum absolute atomic E-state index is 0.0142. The Hall–Kier alpha value is -3.69. The Labute approximate surface area is 169 Å².